The third kappa shape index (κ3) is 9.87. The molecule has 0 saturated carbocycles. The molecule has 0 spiro atoms. The van der Waals surface area contributed by atoms with E-state index < -0.39 is 13.7 Å². The van der Waals surface area contributed by atoms with Crippen LogP contribution >= 0.6 is 0 Å². The second-order valence-corrected chi connectivity index (χ2v) is 19.7. The average Bonchev–Trinajstić information content (AvgIpc) is 3.22. The van der Waals surface area contributed by atoms with Crippen LogP contribution in [0.3, 0.4) is 0 Å². The molecule has 1 heterocycles. The van der Waals surface area contributed by atoms with E-state index in [1.807, 2.05) is 27.7 Å². The molecule has 1 aromatic heterocycles. The molecule has 0 radical (unpaired) electrons. The molecule has 0 aliphatic heterocycles. The van der Waals surface area contributed by atoms with Crippen molar-refractivity contribution in [1.82, 2.24) is 9.55 Å². The molecule has 0 unspecified atom stereocenters. The van der Waals surface area contributed by atoms with Crippen LogP contribution in [0.2, 0.25) is 18.1 Å². The van der Waals surface area contributed by atoms with Gasteiger partial charge in [0.15, 0.2) is 8.32 Å². The number of aryl methyl sites for hydroxylation is 2. The molecule has 4 atom stereocenters. The maximum absolute atomic E-state index is 13.8. The Labute approximate surface area is 263 Å². The largest absolute Gasteiger partial charge is 0.469 e. The van der Waals surface area contributed by atoms with E-state index in [9.17, 15) is 9.59 Å². The summed E-state index contributed by atoms with van der Waals surface area (Å²) in [6, 6.07) is 6.64. The third-order valence-electron chi connectivity index (χ3n) is 9.94. The number of carbonyl (C=O) groups is 2. The van der Waals surface area contributed by atoms with Crippen LogP contribution in [0.5, 0.6) is 0 Å². The number of ketones is 1. The second kappa shape index (κ2) is 15.2. The summed E-state index contributed by atoms with van der Waals surface area (Å²) in [4.78, 5) is 30.3. The van der Waals surface area contributed by atoms with Crippen LogP contribution in [-0.2, 0) is 25.8 Å². The number of fused-ring (bicyclic) bond motifs is 1. The van der Waals surface area contributed by atoms with Gasteiger partial charge in [-0.05, 0) is 86.7 Å². The van der Waals surface area contributed by atoms with Gasteiger partial charge < -0.3 is 13.7 Å². The smallest absolute Gasteiger partial charge is 0.305 e. The van der Waals surface area contributed by atoms with E-state index in [1.54, 1.807) is 0 Å². The van der Waals surface area contributed by atoms with Crippen molar-refractivity contribution in [3.63, 3.8) is 0 Å². The molecule has 2 rings (SSSR count). The predicted octanol–water partition coefficient (Wildman–Crippen LogP) is 9.31. The molecule has 0 aliphatic rings. The number of carbonyl (C=O) groups excluding carboxylic acids is 2. The van der Waals surface area contributed by atoms with Crippen LogP contribution in [0, 0.1) is 24.2 Å². The van der Waals surface area contributed by atoms with Crippen molar-refractivity contribution in [2.24, 2.45) is 24.3 Å². The van der Waals surface area contributed by atoms with Crippen molar-refractivity contribution in [3.8, 4) is 0 Å². The molecule has 0 N–H and O–H groups in total. The van der Waals surface area contributed by atoms with Crippen LogP contribution in [-0.4, -0.2) is 42.8 Å². The maximum Gasteiger partial charge on any atom is 0.305 e. The van der Waals surface area contributed by atoms with Crippen LogP contribution in [0.15, 0.2) is 30.4 Å². The average molecular weight is 613 g/mol. The summed E-state index contributed by atoms with van der Waals surface area (Å²) < 4.78 is 13.9. The number of hydrogen-bond acceptors (Lipinski definition) is 5. The lowest BCUT2D eigenvalue weighted by molar-refractivity contribution is -0.142. The molecule has 1 aromatic carbocycles. The minimum Gasteiger partial charge on any atom is -0.469 e. The van der Waals surface area contributed by atoms with Crippen molar-refractivity contribution < 1.29 is 18.8 Å². The lowest BCUT2D eigenvalue weighted by atomic mass is 9.74. The molecular weight excluding hydrogens is 552 g/mol. The number of imidazole rings is 1. The van der Waals surface area contributed by atoms with Crippen molar-refractivity contribution in [1.29, 1.82) is 0 Å². The van der Waals surface area contributed by atoms with Crippen LogP contribution in [0.4, 0.5) is 0 Å². The first-order valence-corrected chi connectivity index (χ1v) is 19.1. The highest BCUT2D eigenvalue weighted by Crippen LogP contribution is 2.41. The number of nitrogens with zero attached hydrogens (tertiary/aromatic N) is 2. The van der Waals surface area contributed by atoms with E-state index in [0.29, 0.717) is 12.3 Å². The Morgan fingerprint density at radius 1 is 1.07 bits per heavy atom. The molecule has 0 aliphatic carbocycles. The number of rotatable bonds is 16. The van der Waals surface area contributed by atoms with Gasteiger partial charge >= 0.3 is 5.97 Å². The minimum atomic E-state index is -2.11. The lowest BCUT2D eigenvalue weighted by Gasteiger charge is -2.43. The van der Waals surface area contributed by atoms with Gasteiger partial charge in [0.25, 0.3) is 0 Å². The Hall–Kier alpha value is -2.25. The van der Waals surface area contributed by atoms with E-state index in [1.165, 1.54) is 18.2 Å². The summed E-state index contributed by atoms with van der Waals surface area (Å²) in [5, 5.41) is 0.0491. The highest BCUT2D eigenvalue weighted by Gasteiger charge is 2.44. The van der Waals surface area contributed by atoms with Crippen molar-refractivity contribution in [2.45, 2.75) is 131 Å². The number of benzene rings is 1. The number of allylic oxidation sites excluding steroid dienone is 2. The molecule has 0 bridgehead atoms. The number of Topliss-reactive ketones (excluding diaryl/α,β-unsaturated/α-hetero) is 1. The van der Waals surface area contributed by atoms with Crippen LogP contribution < -0.4 is 0 Å². The van der Waals surface area contributed by atoms with Gasteiger partial charge in [0.1, 0.15) is 11.6 Å². The number of esters is 1. The van der Waals surface area contributed by atoms with Crippen molar-refractivity contribution in [3.05, 3.63) is 41.7 Å². The first kappa shape index (κ1) is 36.9. The van der Waals surface area contributed by atoms with Gasteiger partial charge in [-0.25, -0.2) is 4.98 Å². The van der Waals surface area contributed by atoms with Crippen LogP contribution in [0.1, 0.15) is 111 Å². The number of hydrogen-bond donors (Lipinski definition) is 0. The van der Waals surface area contributed by atoms with Crippen molar-refractivity contribution in [2.75, 3.05) is 7.11 Å². The fourth-order valence-electron chi connectivity index (χ4n) is 5.55. The van der Waals surface area contributed by atoms with E-state index in [2.05, 4.69) is 89.7 Å². The van der Waals surface area contributed by atoms with E-state index in [4.69, 9.17) is 14.1 Å². The normalized spacial score (nSPS) is 15.9. The molecule has 0 amide bonds. The van der Waals surface area contributed by atoms with Gasteiger partial charge in [0.2, 0.25) is 0 Å². The second-order valence-electron chi connectivity index (χ2n) is 14.9. The molecule has 0 fully saturated rings. The van der Waals surface area contributed by atoms with E-state index >= 15 is 0 Å². The monoisotopic (exact) mass is 612 g/mol. The fourth-order valence-corrected chi connectivity index (χ4v) is 7.02. The molecule has 242 valence electrons. The Balaban J connectivity index is 2.02. The number of aromatic nitrogens is 2. The first-order chi connectivity index (χ1) is 19.8. The highest BCUT2D eigenvalue weighted by molar-refractivity contribution is 6.74. The zero-order chi connectivity index (χ0) is 32.8. The van der Waals surface area contributed by atoms with Gasteiger partial charge in [-0.15, -0.1) is 0 Å². The topological polar surface area (TPSA) is 70.4 Å². The summed E-state index contributed by atoms with van der Waals surface area (Å²) >= 11 is 0. The zero-order valence-electron chi connectivity index (χ0n) is 29.5. The zero-order valence-corrected chi connectivity index (χ0v) is 30.5. The highest BCUT2D eigenvalue weighted by atomic mass is 28.4. The SMILES string of the molecule is COC(=O)CCC(C)(C)C(=O)[C@H](C)[C@@H](O[Si](C)(C)C(C)(C)C)[C@@H](C)CCC/C=C/C[C@H](C)c1ccc2c(c1)nc(C)n2C. The molecule has 43 heavy (non-hydrogen) atoms. The van der Waals surface area contributed by atoms with Gasteiger partial charge in [-0.1, -0.05) is 73.6 Å². The summed E-state index contributed by atoms with van der Waals surface area (Å²) in [5.41, 5.74) is 2.94. The van der Waals surface area contributed by atoms with Crippen molar-refractivity contribution >= 4 is 31.1 Å². The Morgan fingerprint density at radius 2 is 1.72 bits per heavy atom. The minimum absolute atomic E-state index is 0.0491. The quantitative estimate of drug-likeness (QED) is 0.0818. The first-order valence-electron chi connectivity index (χ1n) is 16.2. The molecule has 6 nitrogen and oxygen atoms in total. The van der Waals surface area contributed by atoms with Crippen LogP contribution in [0.25, 0.3) is 11.0 Å². The number of ether oxygens (including phenoxy) is 1. The fraction of sp³-hybridized carbons (Fsp3) is 0.694. The van der Waals surface area contributed by atoms with Gasteiger partial charge in [-0.2, -0.15) is 0 Å². The summed E-state index contributed by atoms with van der Waals surface area (Å²) in [6.07, 6.45) is 9.23. The Bertz CT molecular complexity index is 1250. The molecule has 2 aromatic rings. The lowest BCUT2D eigenvalue weighted by Crippen LogP contribution is -2.50. The summed E-state index contributed by atoms with van der Waals surface area (Å²) in [7, 11) is 1.34. The Morgan fingerprint density at radius 3 is 2.33 bits per heavy atom. The van der Waals surface area contributed by atoms with E-state index in [-0.39, 0.29) is 41.2 Å². The third-order valence-corrected chi connectivity index (χ3v) is 14.4. The summed E-state index contributed by atoms with van der Waals surface area (Å²) in [6.45, 7) is 23.8. The number of unbranched alkanes of at least 4 members (excludes halogenated alkanes) is 1. The summed E-state index contributed by atoms with van der Waals surface area (Å²) in [5.74, 6) is 1.34. The molecular formula is C36H60N2O4Si. The Kier molecular flexibility index (Phi) is 13.0. The predicted molar refractivity (Wildman–Crippen MR) is 182 cm³/mol. The van der Waals surface area contributed by atoms with Gasteiger partial charge in [0, 0.05) is 24.8 Å². The molecule has 7 heteroatoms. The maximum atomic E-state index is 13.8. The van der Waals surface area contributed by atoms with Gasteiger partial charge in [0.05, 0.1) is 24.2 Å². The molecule has 0 saturated heterocycles. The standard InChI is InChI=1S/C36H60N2O4Si/c1-25(29-20-21-31-30(24-29)37-28(4)38(31)10)18-16-14-15-17-19-26(2)33(42-43(12,13)35(5,6)7)27(3)34(40)36(8,9)23-22-32(39)41-11/h14,16,20-21,24-27,33H,15,17-19,22-23H2,1-13H3/b16-14+/t25-,26-,27+,33-/m0/s1. The van der Waals surface area contributed by atoms with E-state index in [0.717, 1.165) is 37.0 Å². The number of methoxy groups -OCH3 is 1. The van der Waals surface area contributed by atoms with Gasteiger partial charge in [-0.3, -0.25) is 9.59 Å².